The van der Waals surface area contributed by atoms with Gasteiger partial charge in [-0.3, -0.25) is 0 Å². The van der Waals surface area contributed by atoms with E-state index < -0.39 is 0 Å². The molecule has 1 aliphatic heterocycles. The van der Waals surface area contributed by atoms with Gasteiger partial charge in [0.1, 0.15) is 0 Å². The Bertz CT molecular complexity index is 626. The van der Waals surface area contributed by atoms with Crippen LogP contribution in [0, 0.1) is 10.7 Å². The molecule has 19 heavy (non-hydrogen) atoms. The lowest BCUT2D eigenvalue weighted by atomic mass is 10.1. The Labute approximate surface area is 119 Å². The molecule has 2 heterocycles. The monoisotopic (exact) mass is 275 g/mol. The number of benzene rings is 1. The first-order valence-electron chi connectivity index (χ1n) is 7.07. The number of nitrogens with one attached hydrogen (secondary N) is 1. The fraction of sp³-hybridized carbons (Fsp3) is 0.533. The van der Waals surface area contributed by atoms with Crippen molar-refractivity contribution in [1.82, 2.24) is 14.5 Å². The van der Waals surface area contributed by atoms with Crippen molar-refractivity contribution in [2.45, 2.75) is 32.9 Å². The number of imidazole rings is 1. The van der Waals surface area contributed by atoms with Crippen LogP contribution in [-0.2, 0) is 6.54 Å². The summed E-state index contributed by atoms with van der Waals surface area (Å²) in [5.74, 6) is 0.716. The number of aromatic amines is 1. The first-order valence-corrected chi connectivity index (χ1v) is 7.47. The number of fused-ring (bicyclic) bond motifs is 1. The van der Waals surface area contributed by atoms with Crippen molar-refractivity contribution in [3.05, 3.63) is 29.0 Å². The molecule has 0 bridgehead atoms. The van der Waals surface area contributed by atoms with E-state index in [0.29, 0.717) is 12.0 Å². The highest BCUT2D eigenvalue weighted by Gasteiger charge is 2.24. The summed E-state index contributed by atoms with van der Waals surface area (Å²) in [6.07, 6.45) is 1.28. The predicted octanol–water partition coefficient (Wildman–Crippen LogP) is 3.43. The third-order valence-electron chi connectivity index (χ3n) is 4.17. The van der Waals surface area contributed by atoms with Gasteiger partial charge in [0, 0.05) is 19.1 Å². The molecule has 1 aliphatic rings. The van der Waals surface area contributed by atoms with Gasteiger partial charge in [-0.05, 0) is 57.1 Å². The molecule has 1 saturated heterocycles. The van der Waals surface area contributed by atoms with Gasteiger partial charge >= 0.3 is 0 Å². The molecule has 1 N–H and O–H groups in total. The van der Waals surface area contributed by atoms with Gasteiger partial charge in [0.25, 0.3) is 0 Å². The zero-order valence-corrected chi connectivity index (χ0v) is 12.4. The molecule has 3 nitrogen and oxygen atoms in total. The lowest BCUT2D eigenvalue weighted by Gasteiger charge is -2.20. The molecule has 1 aromatic carbocycles. The molecule has 1 aromatic heterocycles. The van der Waals surface area contributed by atoms with E-state index in [-0.39, 0.29) is 0 Å². The Kier molecular flexibility index (Phi) is 3.46. The molecule has 2 aromatic rings. The molecular weight excluding hydrogens is 254 g/mol. The van der Waals surface area contributed by atoms with Gasteiger partial charge in [0.15, 0.2) is 4.77 Å². The van der Waals surface area contributed by atoms with E-state index in [1.165, 1.54) is 25.0 Å². The maximum absolute atomic E-state index is 5.46. The number of rotatable bonds is 3. The predicted molar refractivity (Wildman–Crippen MR) is 81.9 cm³/mol. The van der Waals surface area contributed by atoms with E-state index in [1.54, 1.807) is 0 Å². The van der Waals surface area contributed by atoms with Gasteiger partial charge in [-0.25, -0.2) is 0 Å². The average molecular weight is 275 g/mol. The second-order valence-corrected chi connectivity index (χ2v) is 6.19. The van der Waals surface area contributed by atoms with Gasteiger partial charge in [0.2, 0.25) is 0 Å². The summed E-state index contributed by atoms with van der Waals surface area (Å²) in [6.45, 7) is 8.00. The maximum Gasteiger partial charge on any atom is 0.178 e. The summed E-state index contributed by atoms with van der Waals surface area (Å²) >= 11 is 5.46. The van der Waals surface area contributed by atoms with E-state index in [1.807, 2.05) is 6.07 Å². The van der Waals surface area contributed by atoms with Crippen LogP contribution in [0.5, 0.6) is 0 Å². The average Bonchev–Trinajstić information content (AvgIpc) is 2.96. The van der Waals surface area contributed by atoms with Gasteiger partial charge in [-0.1, -0.05) is 12.1 Å². The molecule has 0 radical (unpaired) electrons. The van der Waals surface area contributed by atoms with E-state index >= 15 is 0 Å². The van der Waals surface area contributed by atoms with E-state index in [9.17, 15) is 0 Å². The highest BCUT2D eigenvalue weighted by molar-refractivity contribution is 7.71. The summed E-state index contributed by atoms with van der Waals surface area (Å²) in [4.78, 5) is 5.86. The SMILES string of the molecule is CC(C)N1CCC(Cn2c(=S)[nH]c3ccccc32)C1. The zero-order chi connectivity index (χ0) is 13.4. The fourth-order valence-electron chi connectivity index (χ4n) is 3.03. The van der Waals surface area contributed by atoms with Crippen LogP contribution >= 0.6 is 12.2 Å². The Balaban J connectivity index is 1.83. The number of aromatic nitrogens is 2. The second kappa shape index (κ2) is 5.10. The molecular formula is C15H21N3S. The summed E-state index contributed by atoms with van der Waals surface area (Å²) in [6, 6.07) is 9.03. The quantitative estimate of drug-likeness (QED) is 0.868. The molecule has 1 unspecified atom stereocenters. The molecule has 4 heteroatoms. The van der Waals surface area contributed by atoms with Crippen molar-refractivity contribution in [3.8, 4) is 0 Å². The van der Waals surface area contributed by atoms with Gasteiger partial charge in [-0.2, -0.15) is 0 Å². The Hall–Kier alpha value is -1.13. The van der Waals surface area contributed by atoms with Crippen LogP contribution < -0.4 is 0 Å². The van der Waals surface area contributed by atoms with Crippen LogP contribution in [0.3, 0.4) is 0 Å². The van der Waals surface area contributed by atoms with Crippen molar-refractivity contribution < 1.29 is 0 Å². The highest BCUT2D eigenvalue weighted by atomic mass is 32.1. The second-order valence-electron chi connectivity index (χ2n) is 5.80. The molecule has 0 spiro atoms. The first kappa shape index (κ1) is 12.9. The molecule has 3 rings (SSSR count). The van der Waals surface area contributed by atoms with Gasteiger partial charge in [0.05, 0.1) is 11.0 Å². The standard InChI is InChI=1S/C15H21N3S/c1-11(2)17-8-7-12(9-17)10-18-14-6-4-3-5-13(14)16-15(18)19/h3-6,11-12H,7-10H2,1-2H3,(H,16,19). The number of hydrogen-bond acceptors (Lipinski definition) is 2. The number of likely N-dealkylation sites (tertiary alicyclic amines) is 1. The fourth-order valence-corrected chi connectivity index (χ4v) is 3.31. The zero-order valence-electron chi connectivity index (χ0n) is 11.6. The third kappa shape index (κ3) is 2.47. The Morgan fingerprint density at radius 1 is 1.37 bits per heavy atom. The van der Waals surface area contributed by atoms with Gasteiger partial charge in [-0.15, -0.1) is 0 Å². The molecule has 0 saturated carbocycles. The largest absolute Gasteiger partial charge is 0.331 e. The Morgan fingerprint density at radius 2 is 2.16 bits per heavy atom. The van der Waals surface area contributed by atoms with Crippen molar-refractivity contribution in [2.24, 2.45) is 5.92 Å². The minimum absolute atomic E-state index is 0.654. The summed E-state index contributed by atoms with van der Waals surface area (Å²) in [7, 11) is 0. The first-order chi connectivity index (χ1) is 9.15. The number of H-pyrrole nitrogens is 1. The van der Waals surface area contributed by atoms with Crippen LogP contribution in [0.4, 0.5) is 0 Å². The molecule has 1 atom stereocenters. The van der Waals surface area contributed by atoms with Crippen LogP contribution in [0.25, 0.3) is 11.0 Å². The molecule has 102 valence electrons. The lowest BCUT2D eigenvalue weighted by molar-refractivity contribution is 0.261. The van der Waals surface area contributed by atoms with Crippen molar-refractivity contribution in [2.75, 3.05) is 13.1 Å². The molecule has 1 fully saturated rings. The number of hydrogen-bond donors (Lipinski definition) is 1. The Morgan fingerprint density at radius 3 is 2.89 bits per heavy atom. The molecule has 0 amide bonds. The van der Waals surface area contributed by atoms with Crippen LogP contribution in [0.1, 0.15) is 20.3 Å². The summed E-state index contributed by atoms with van der Waals surface area (Å²) in [5, 5.41) is 0. The highest BCUT2D eigenvalue weighted by Crippen LogP contribution is 2.22. The third-order valence-corrected chi connectivity index (χ3v) is 4.49. The van der Waals surface area contributed by atoms with Crippen molar-refractivity contribution in [3.63, 3.8) is 0 Å². The minimum atomic E-state index is 0.654. The van der Waals surface area contributed by atoms with Gasteiger partial charge < -0.3 is 14.5 Å². The summed E-state index contributed by atoms with van der Waals surface area (Å²) in [5.41, 5.74) is 2.38. The maximum atomic E-state index is 5.46. The van der Waals surface area contributed by atoms with Crippen molar-refractivity contribution >= 4 is 23.3 Å². The topological polar surface area (TPSA) is 24.0 Å². The molecule has 0 aliphatic carbocycles. The van der Waals surface area contributed by atoms with Crippen molar-refractivity contribution in [1.29, 1.82) is 0 Å². The summed E-state index contributed by atoms with van der Waals surface area (Å²) < 4.78 is 3.11. The normalized spacial score (nSPS) is 20.7. The van der Waals surface area contributed by atoms with E-state index in [2.05, 4.69) is 46.5 Å². The minimum Gasteiger partial charge on any atom is -0.331 e. The lowest BCUT2D eigenvalue weighted by Crippen LogP contribution is -2.28. The van der Waals surface area contributed by atoms with Crippen LogP contribution in [-0.4, -0.2) is 33.6 Å². The number of nitrogens with zero attached hydrogens (tertiary/aromatic N) is 2. The number of para-hydroxylation sites is 2. The smallest absolute Gasteiger partial charge is 0.178 e. The van der Waals surface area contributed by atoms with E-state index in [4.69, 9.17) is 12.2 Å². The van der Waals surface area contributed by atoms with Crippen LogP contribution in [0.2, 0.25) is 0 Å². The van der Waals surface area contributed by atoms with E-state index in [0.717, 1.165) is 16.8 Å². The van der Waals surface area contributed by atoms with Crippen LogP contribution in [0.15, 0.2) is 24.3 Å².